The van der Waals surface area contributed by atoms with Crippen molar-refractivity contribution in [3.8, 4) is 0 Å². The third kappa shape index (κ3) is 8.45. The number of hydrogen-bond acceptors (Lipinski definition) is 24. The Morgan fingerprint density at radius 2 is 1.45 bits per heavy atom. The van der Waals surface area contributed by atoms with Gasteiger partial charge in [0.2, 0.25) is 5.79 Å². The summed E-state index contributed by atoms with van der Waals surface area (Å²) in [6, 6.07) is 0. The standard InChI is InChI=1S/C47H70O24/c1-16-11-65-47(39(59)29(16)53)23(10-48)28-21-6-7-22-20(27(21)32(56)36(28)71-47)5-4-18-8-19(50)9-26(45(18,22)3)67-43-38(35(25(52)13-63-43)68-41-33(57)31(55)24(51)12-62-41)70-42-34(58)37(30(54)17(2)66-42)69-44-40(60)46(61,14-49)15-64-44/h4,16-17,19-20,22-26,28-31,33-44,48-55,57-61H,5-15H2,1-3H3/t16-,17-,19+,20+,22?,23-,24+,25-,26+,28-,29+,30-,31-,33+,34+,35-,36+,37+,38+,39-,40-,41-,42-,43-,44-,45-,46+,47-/m0/s1. The van der Waals surface area contributed by atoms with Gasteiger partial charge in [-0.05, 0) is 44.4 Å². The minimum atomic E-state index is -2.11. The summed E-state index contributed by atoms with van der Waals surface area (Å²) in [5.41, 5.74) is -0.758. The lowest BCUT2D eigenvalue weighted by Gasteiger charge is -2.57. The molecule has 24 nitrogen and oxygen atoms in total. The molecule has 0 amide bonds. The van der Waals surface area contributed by atoms with Crippen molar-refractivity contribution in [1.82, 2.24) is 0 Å². The van der Waals surface area contributed by atoms with Gasteiger partial charge in [0.25, 0.3) is 0 Å². The van der Waals surface area contributed by atoms with E-state index in [4.69, 9.17) is 47.4 Å². The molecule has 0 aromatic heterocycles. The highest BCUT2D eigenvalue weighted by Gasteiger charge is 2.69. The molecular formula is C47H70O24. The third-order valence-corrected chi connectivity index (χ3v) is 17.6. The van der Waals surface area contributed by atoms with Gasteiger partial charge in [0, 0.05) is 35.2 Å². The second-order valence-corrected chi connectivity index (χ2v) is 21.7. The zero-order valence-corrected chi connectivity index (χ0v) is 39.6. The molecule has 28 atom stereocenters. The van der Waals surface area contributed by atoms with Crippen LogP contribution in [0, 0.1) is 35.0 Å². The Morgan fingerprint density at radius 1 is 0.746 bits per heavy atom. The lowest BCUT2D eigenvalue weighted by molar-refractivity contribution is -0.387. The number of hydrogen-bond donors (Lipinski definition) is 13. The van der Waals surface area contributed by atoms with Gasteiger partial charge in [-0.2, -0.15) is 0 Å². The molecule has 402 valence electrons. The Kier molecular flexibility index (Phi) is 14.6. The normalized spacial score (nSPS) is 55.2. The molecule has 4 aliphatic carbocycles. The van der Waals surface area contributed by atoms with E-state index in [0.717, 1.165) is 11.1 Å². The quantitative estimate of drug-likeness (QED) is 0.0909. The van der Waals surface area contributed by atoms with E-state index in [1.54, 1.807) is 6.92 Å². The van der Waals surface area contributed by atoms with Crippen LogP contribution in [0.5, 0.6) is 0 Å². The van der Waals surface area contributed by atoms with Crippen molar-refractivity contribution < 1.29 is 119 Å². The number of aliphatic hydroxyl groups is 13. The van der Waals surface area contributed by atoms with Crippen LogP contribution in [0.1, 0.15) is 52.9 Å². The molecule has 0 bridgehead atoms. The molecule has 13 N–H and O–H groups in total. The minimum Gasteiger partial charge on any atom is -0.396 e. The summed E-state index contributed by atoms with van der Waals surface area (Å²) < 4.78 is 61.0. The van der Waals surface area contributed by atoms with E-state index in [1.165, 1.54) is 6.92 Å². The topological polar surface area (TPSA) is 372 Å². The number of fused-ring (bicyclic) bond motifs is 6. The fourth-order valence-electron chi connectivity index (χ4n) is 13.4. The largest absolute Gasteiger partial charge is 0.396 e. The van der Waals surface area contributed by atoms with Gasteiger partial charge in [-0.15, -0.1) is 0 Å². The number of aliphatic hydroxyl groups excluding tert-OH is 12. The maximum Gasteiger partial charge on any atom is 0.203 e. The van der Waals surface area contributed by atoms with E-state index in [-0.39, 0.29) is 30.6 Å². The summed E-state index contributed by atoms with van der Waals surface area (Å²) in [4.78, 5) is 14.7. The van der Waals surface area contributed by atoms with Crippen LogP contribution in [-0.2, 0) is 52.2 Å². The molecule has 6 heterocycles. The SMILES string of the molecule is C[C@@H]1O[C@@H](O[C@H]2[C@H](O[C@@H]3C[C@H](O)CC4=CC[C@H]5C6=C(CCC5[C@]43C)[C@@H]3[C@@H](O[C@@]4(OC[C@H](C)[C@@H](O)[C@@H]4O)[C@H]3CO)C6=O)OC[C@H](O)[C@@H]2O[C@@H]2OC[C@@H](O)[C@H](O)[C@H]2O)[C@H](O)[C@H](O[C@@H]2OC[C@](O)(CO)[C@H]2O)[C@H]1O. The summed E-state index contributed by atoms with van der Waals surface area (Å²) in [5.74, 6) is -4.60. The van der Waals surface area contributed by atoms with E-state index in [1.807, 2.05) is 13.0 Å². The van der Waals surface area contributed by atoms with Crippen LogP contribution in [-0.4, -0.2) is 246 Å². The number of carbonyl (C=O) groups excluding carboxylic acids is 1. The number of allylic oxidation sites excluding steroid dienone is 1. The highest BCUT2D eigenvalue weighted by atomic mass is 16.8. The molecule has 7 fully saturated rings. The molecule has 6 aliphatic heterocycles. The van der Waals surface area contributed by atoms with E-state index >= 15 is 0 Å². The Hall–Kier alpha value is -1.77. The Bertz CT molecular complexity index is 2030. The van der Waals surface area contributed by atoms with Gasteiger partial charge in [-0.3, -0.25) is 4.79 Å². The molecule has 24 heteroatoms. The minimum absolute atomic E-state index is 0.0501. The van der Waals surface area contributed by atoms with Crippen molar-refractivity contribution in [2.24, 2.45) is 35.0 Å². The van der Waals surface area contributed by atoms with Crippen LogP contribution in [0.25, 0.3) is 0 Å². The Balaban J connectivity index is 0.948. The van der Waals surface area contributed by atoms with Crippen LogP contribution in [0.3, 0.4) is 0 Å². The van der Waals surface area contributed by atoms with E-state index in [0.29, 0.717) is 31.3 Å². The Morgan fingerprint density at radius 3 is 2.17 bits per heavy atom. The third-order valence-electron chi connectivity index (χ3n) is 17.6. The monoisotopic (exact) mass is 1020 g/mol. The molecule has 0 aromatic rings. The molecule has 1 spiro atoms. The maximum atomic E-state index is 14.7. The molecule has 0 aromatic carbocycles. The second kappa shape index (κ2) is 19.7. The highest BCUT2D eigenvalue weighted by molar-refractivity contribution is 6.04. The average Bonchev–Trinajstić information content (AvgIpc) is 3.94. The molecule has 10 aliphatic rings. The molecule has 6 saturated heterocycles. The predicted octanol–water partition coefficient (Wildman–Crippen LogP) is -5.30. The van der Waals surface area contributed by atoms with Crippen molar-refractivity contribution in [1.29, 1.82) is 0 Å². The smallest absolute Gasteiger partial charge is 0.203 e. The number of rotatable bonds is 10. The van der Waals surface area contributed by atoms with Gasteiger partial charge in [0.1, 0.15) is 78.8 Å². The van der Waals surface area contributed by atoms with Crippen LogP contribution in [0.15, 0.2) is 22.8 Å². The summed E-state index contributed by atoms with van der Waals surface area (Å²) in [6.07, 6.45) is -26.3. The van der Waals surface area contributed by atoms with Crippen molar-refractivity contribution in [2.45, 2.75) is 187 Å². The first-order valence-corrected chi connectivity index (χ1v) is 24.8. The molecular weight excluding hydrogens is 948 g/mol. The first-order valence-electron chi connectivity index (χ1n) is 24.8. The predicted molar refractivity (Wildman–Crippen MR) is 230 cm³/mol. The molecule has 71 heavy (non-hydrogen) atoms. The van der Waals surface area contributed by atoms with Crippen molar-refractivity contribution in [2.75, 3.05) is 39.6 Å². The van der Waals surface area contributed by atoms with Gasteiger partial charge < -0.3 is 114 Å². The number of Topliss-reactive ketones (excluding diaryl/α,β-unsaturated/α-hetero) is 1. The highest BCUT2D eigenvalue weighted by Crippen LogP contribution is 2.64. The van der Waals surface area contributed by atoms with Gasteiger partial charge in [0.15, 0.2) is 30.9 Å². The van der Waals surface area contributed by atoms with Gasteiger partial charge in [-0.25, -0.2) is 0 Å². The number of ether oxygens (including phenoxy) is 10. The maximum absolute atomic E-state index is 14.7. The zero-order valence-electron chi connectivity index (χ0n) is 39.6. The molecule has 1 saturated carbocycles. The molecule has 10 rings (SSSR count). The lowest BCUT2D eigenvalue weighted by Crippen LogP contribution is -2.65. The second-order valence-electron chi connectivity index (χ2n) is 21.7. The van der Waals surface area contributed by atoms with Crippen molar-refractivity contribution >= 4 is 5.78 Å². The zero-order chi connectivity index (χ0) is 50.8. The van der Waals surface area contributed by atoms with E-state index in [9.17, 15) is 71.2 Å². The number of carbonyl (C=O) groups is 1. The fourth-order valence-corrected chi connectivity index (χ4v) is 13.4. The first kappa shape index (κ1) is 52.7. The van der Waals surface area contributed by atoms with Crippen LogP contribution < -0.4 is 0 Å². The van der Waals surface area contributed by atoms with Crippen LogP contribution in [0.4, 0.5) is 0 Å². The van der Waals surface area contributed by atoms with Gasteiger partial charge >= 0.3 is 0 Å². The van der Waals surface area contributed by atoms with Crippen LogP contribution >= 0.6 is 0 Å². The average molecular weight is 1020 g/mol. The van der Waals surface area contributed by atoms with E-state index < -0.39 is 190 Å². The summed E-state index contributed by atoms with van der Waals surface area (Å²) in [7, 11) is 0. The van der Waals surface area contributed by atoms with E-state index in [2.05, 4.69) is 0 Å². The fraction of sp³-hybridized carbons (Fsp3) is 0.894. The van der Waals surface area contributed by atoms with Crippen molar-refractivity contribution in [3.05, 3.63) is 22.8 Å². The summed E-state index contributed by atoms with van der Waals surface area (Å²) in [6.45, 7) is 2.37. The van der Waals surface area contributed by atoms with Crippen molar-refractivity contribution in [3.63, 3.8) is 0 Å². The Labute approximate surface area is 408 Å². The first-order chi connectivity index (χ1) is 33.7. The summed E-state index contributed by atoms with van der Waals surface area (Å²) >= 11 is 0. The lowest BCUT2D eigenvalue weighted by atomic mass is 9.51. The van der Waals surface area contributed by atoms with Crippen LogP contribution in [0.2, 0.25) is 0 Å². The van der Waals surface area contributed by atoms with Gasteiger partial charge in [-0.1, -0.05) is 31.1 Å². The number of ketones is 1. The summed E-state index contributed by atoms with van der Waals surface area (Å²) in [5, 5.41) is 142. The van der Waals surface area contributed by atoms with Gasteiger partial charge in [0.05, 0.1) is 64.1 Å². The molecule has 0 radical (unpaired) electrons. The molecule has 1 unspecified atom stereocenters.